The lowest BCUT2D eigenvalue weighted by molar-refractivity contribution is 1.02. The van der Waals surface area contributed by atoms with Gasteiger partial charge in [0.25, 0.3) is 0 Å². The number of pyridine rings is 1. The van der Waals surface area contributed by atoms with Crippen molar-refractivity contribution in [1.29, 1.82) is 0 Å². The fraction of sp³-hybridized carbons (Fsp3) is 0.0714. The molecular weight excluding hydrogens is 292 g/mol. The number of nitrogens with one attached hydrogen (secondary N) is 1. The van der Waals surface area contributed by atoms with E-state index in [-0.39, 0.29) is 0 Å². The summed E-state index contributed by atoms with van der Waals surface area (Å²) in [6.07, 6.45) is 1.72. The van der Waals surface area contributed by atoms with Gasteiger partial charge >= 0.3 is 0 Å². The van der Waals surface area contributed by atoms with Crippen LogP contribution in [0.1, 0.15) is 5.56 Å². The van der Waals surface area contributed by atoms with Gasteiger partial charge in [-0.25, -0.2) is 0 Å². The van der Waals surface area contributed by atoms with Gasteiger partial charge in [0.2, 0.25) is 0 Å². The lowest BCUT2D eigenvalue weighted by Gasteiger charge is -2.11. The fourth-order valence-electron chi connectivity index (χ4n) is 2.08. The number of aryl methyl sites for hydroxylation is 1. The molecule has 0 bridgehead atoms. The lowest BCUT2D eigenvalue weighted by Crippen LogP contribution is -2.02. The molecule has 0 saturated carbocycles. The monoisotopic (exact) mass is 302 g/mol. The first-order valence-electron chi connectivity index (χ1n) is 6.03. The molecule has 0 fully saturated rings. The average Bonchev–Trinajstić information content (AvgIpc) is 2.82. The predicted molar refractivity (Wildman–Crippen MR) is 81.7 cm³/mol. The Hall–Kier alpha value is -1.98. The summed E-state index contributed by atoms with van der Waals surface area (Å²) in [6.45, 7) is 1.98. The summed E-state index contributed by atoms with van der Waals surface area (Å²) in [5, 5.41) is 7.70. The van der Waals surface area contributed by atoms with Crippen molar-refractivity contribution in [3.05, 3.63) is 58.0 Å². The third kappa shape index (κ3) is 2.15. The molecule has 100 valence electrons. The number of nitrogens with zero attached hydrogens (tertiary/aromatic N) is 3. The normalized spacial score (nSPS) is 10.7. The quantitative estimate of drug-likeness (QED) is 0.729. The maximum absolute atomic E-state index is 6.32. The zero-order valence-electron chi connectivity index (χ0n) is 10.7. The van der Waals surface area contributed by atoms with Crippen LogP contribution in [0.25, 0.3) is 17.2 Å². The zero-order chi connectivity index (χ0) is 14.1. The van der Waals surface area contributed by atoms with Crippen molar-refractivity contribution in [2.75, 3.05) is 0 Å². The standard InChI is InChI=1S/C14H11ClN4S/c1-9-5-4-6-10(15)12(9)19-13(17-18-14(19)20)11-7-2-3-8-16-11/h2-8H,1H3,(H,18,20). The average molecular weight is 303 g/mol. The molecule has 0 aliphatic rings. The van der Waals surface area contributed by atoms with Gasteiger partial charge in [0.05, 0.1) is 10.7 Å². The van der Waals surface area contributed by atoms with E-state index in [9.17, 15) is 0 Å². The van der Waals surface area contributed by atoms with E-state index in [0.717, 1.165) is 16.9 Å². The second kappa shape index (κ2) is 5.19. The van der Waals surface area contributed by atoms with Crippen LogP contribution in [0.15, 0.2) is 42.6 Å². The van der Waals surface area contributed by atoms with Crippen LogP contribution in [-0.2, 0) is 0 Å². The molecule has 0 atom stereocenters. The largest absolute Gasteiger partial charge is 0.265 e. The number of hydrogen-bond acceptors (Lipinski definition) is 3. The predicted octanol–water partition coefficient (Wildman–Crippen LogP) is 3.95. The van der Waals surface area contributed by atoms with E-state index >= 15 is 0 Å². The van der Waals surface area contributed by atoms with Crippen LogP contribution in [-0.4, -0.2) is 19.7 Å². The Balaban J connectivity index is 2.31. The fourth-order valence-corrected chi connectivity index (χ4v) is 2.61. The first-order chi connectivity index (χ1) is 9.68. The zero-order valence-corrected chi connectivity index (χ0v) is 12.2. The molecule has 6 heteroatoms. The van der Waals surface area contributed by atoms with Crippen LogP contribution >= 0.6 is 23.8 Å². The van der Waals surface area contributed by atoms with Gasteiger partial charge < -0.3 is 0 Å². The lowest BCUT2D eigenvalue weighted by atomic mass is 10.2. The van der Waals surface area contributed by atoms with Crippen LogP contribution in [0.3, 0.4) is 0 Å². The van der Waals surface area contributed by atoms with E-state index in [2.05, 4.69) is 15.2 Å². The Kier molecular flexibility index (Phi) is 3.38. The minimum Gasteiger partial charge on any atom is -0.265 e. The molecule has 0 saturated heterocycles. The smallest absolute Gasteiger partial charge is 0.200 e. The Morgan fingerprint density at radius 1 is 1.20 bits per heavy atom. The number of benzene rings is 1. The first kappa shape index (κ1) is 13.0. The molecule has 0 aliphatic heterocycles. The molecule has 0 aliphatic carbocycles. The molecule has 20 heavy (non-hydrogen) atoms. The van der Waals surface area contributed by atoms with E-state index in [1.165, 1.54) is 0 Å². The summed E-state index contributed by atoms with van der Waals surface area (Å²) >= 11 is 11.7. The van der Waals surface area contributed by atoms with E-state index in [1.807, 2.05) is 47.9 Å². The molecule has 0 radical (unpaired) electrons. The molecule has 3 aromatic rings. The summed E-state index contributed by atoms with van der Waals surface area (Å²) in [5.74, 6) is 0.645. The molecular formula is C14H11ClN4S. The van der Waals surface area contributed by atoms with Gasteiger partial charge in [0, 0.05) is 6.20 Å². The Labute approximate surface area is 126 Å². The molecule has 1 aromatic carbocycles. The highest BCUT2D eigenvalue weighted by Crippen LogP contribution is 2.28. The third-order valence-corrected chi connectivity index (χ3v) is 3.56. The van der Waals surface area contributed by atoms with Gasteiger partial charge in [-0.2, -0.15) is 5.10 Å². The second-order valence-corrected chi connectivity index (χ2v) is 5.10. The van der Waals surface area contributed by atoms with Gasteiger partial charge in [0.15, 0.2) is 10.6 Å². The van der Waals surface area contributed by atoms with Crippen molar-refractivity contribution in [3.63, 3.8) is 0 Å². The molecule has 0 spiro atoms. The molecule has 2 aromatic heterocycles. The Morgan fingerprint density at radius 3 is 2.75 bits per heavy atom. The van der Waals surface area contributed by atoms with Gasteiger partial charge in [0.1, 0.15) is 5.69 Å². The van der Waals surface area contributed by atoms with Crippen molar-refractivity contribution in [2.24, 2.45) is 0 Å². The van der Waals surface area contributed by atoms with E-state index in [1.54, 1.807) is 6.20 Å². The first-order valence-corrected chi connectivity index (χ1v) is 6.81. The van der Waals surface area contributed by atoms with Gasteiger partial charge in [-0.05, 0) is 42.9 Å². The molecule has 3 rings (SSSR count). The third-order valence-electron chi connectivity index (χ3n) is 2.98. The summed E-state index contributed by atoms with van der Waals surface area (Å²) in [6, 6.07) is 11.4. The topological polar surface area (TPSA) is 46.5 Å². The van der Waals surface area contributed by atoms with Gasteiger partial charge in [-0.1, -0.05) is 29.8 Å². The number of aromatic nitrogens is 4. The number of halogens is 1. The van der Waals surface area contributed by atoms with Crippen LogP contribution < -0.4 is 0 Å². The minimum atomic E-state index is 0.488. The Bertz CT molecular complexity index is 787. The van der Waals surface area contributed by atoms with Gasteiger partial charge in [-0.15, -0.1) is 0 Å². The van der Waals surface area contributed by atoms with Crippen molar-refractivity contribution >= 4 is 23.8 Å². The minimum absolute atomic E-state index is 0.488. The molecule has 2 heterocycles. The number of H-pyrrole nitrogens is 1. The second-order valence-electron chi connectivity index (χ2n) is 4.31. The van der Waals surface area contributed by atoms with E-state index in [4.69, 9.17) is 23.8 Å². The number of para-hydroxylation sites is 1. The van der Waals surface area contributed by atoms with Crippen molar-refractivity contribution in [2.45, 2.75) is 6.92 Å². The molecule has 1 N–H and O–H groups in total. The highest BCUT2D eigenvalue weighted by molar-refractivity contribution is 7.71. The molecule has 0 amide bonds. The van der Waals surface area contributed by atoms with E-state index in [0.29, 0.717) is 15.6 Å². The summed E-state index contributed by atoms with van der Waals surface area (Å²) in [5.41, 5.74) is 2.58. The number of aromatic amines is 1. The highest BCUT2D eigenvalue weighted by atomic mass is 35.5. The van der Waals surface area contributed by atoms with Crippen LogP contribution in [0.5, 0.6) is 0 Å². The van der Waals surface area contributed by atoms with Crippen molar-refractivity contribution in [1.82, 2.24) is 19.7 Å². The SMILES string of the molecule is Cc1cccc(Cl)c1-n1c(-c2ccccn2)n[nH]c1=S. The van der Waals surface area contributed by atoms with Gasteiger partial charge in [-0.3, -0.25) is 14.6 Å². The van der Waals surface area contributed by atoms with Crippen LogP contribution in [0.4, 0.5) is 0 Å². The van der Waals surface area contributed by atoms with E-state index < -0.39 is 0 Å². The maximum atomic E-state index is 6.32. The molecule has 4 nitrogen and oxygen atoms in total. The highest BCUT2D eigenvalue weighted by Gasteiger charge is 2.15. The van der Waals surface area contributed by atoms with Crippen LogP contribution in [0, 0.1) is 11.7 Å². The summed E-state index contributed by atoms with van der Waals surface area (Å²) in [4.78, 5) is 4.32. The van der Waals surface area contributed by atoms with Crippen LogP contribution in [0.2, 0.25) is 5.02 Å². The van der Waals surface area contributed by atoms with Crippen molar-refractivity contribution in [3.8, 4) is 17.2 Å². The number of rotatable bonds is 2. The summed E-state index contributed by atoms with van der Waals surface area (Å²) < 4.78 is 2.30. The maximum Gasteiger partial charge on any atom is 0.200 e. The number of hydrogen-bond donors (Lipinski definition) is 1. The Morgan fingerprint density at radius 2 is 2.05 bits per heavy atom. The van der Waals surface area contributed by atoms with Crippen molar-refractivity contribution < 1.29 is 0 Å². The summed E-state index contributed by atoms with van der Waals surface area (Å²) in [7, 11) is 0. The molecule has 0 unspecified atom stereocenters.